The van der Waals surface area contributed by atoms with Crippen LogP contribution in [-0.4, -0.2) is 73.0 Å². The Hall–Kier alpha value is -3.50. The summed E-state index contributed by atoms with van der Waals surface area (Å²) >= 11 is 0. The molecule has 0 unspecified atom stereocenters. The van der Waals surface area contributed by atoms with E-state index in [-0.39, 0.29) is 0 Å². The maximum atomic E-state index is 5.12. The van der Waals surface area contributed by atoms with Crippen molar-refractivity contribution in [1.82, 2.24) is 39.7 Å². The van der Waals surface area contributed by atoms with E-state index in [1.54, 1.807) is 17.8 Å². The van der Waals surface area contributed by atoms with Crippen molar-refractivity contribution in [2.24, 2.45) is 0 Å². The van der Waals surface area contributed by atoms with Crippen LogP contribution in [0.4, 0.5) is 5.95 Å². The van der Waals surface area contributed by atoms with E-state index in [9.17, 15) is 0 Å². The number of aryl methyl sites for hydroxylation is 1. The Morgan fingerprint density at radius 3 is 2.56 bits per heavy atom. The van der Waals surface area contributed by atoms with Crippen LogP contribution in [0.2, 0.25) is 0 Å². The Bertz CT molecular complexity index is 1200. The van der Waals surface area contributed by atoms with Crippen molar-refractivity contribution in [2.75, 3.05) is 38.2 Å². The topological polar surface area (TPSA) is 97.5 Å². The highest BCUT2D eigenvalue weighted by Gasteiger charge is 2.21. The first-order valence-electron chi connectivity index (χ1n) is 10.6. The van der Waals surface area contributed by atoms with Gasteiger partial charge in [0.25, 0.3) is 5.78 Å². The molecule has 1 fully saturated rings. The van der Waals surface area contributed by atoms with E-state index in [4.69, 9.17) is 9.72 Å². The van der Waals surface area contributed by atoms with Gasteiger partial charge in [0.1, 0.15) is 12.3 Å². The molecule has 10 heteroatoms. The molecular formula is C22H25N9O. The van der Waals surface area contributed by atoms with E-state index in [0.717, 1.165) is 44.1 Å². The average Bonchev–Trinajstić information content (AvgIpc) is 3.25. The zero-order valence-electron chi connectivity index (χ0n) is 18.2. The number of aromatic nitrogens is 7. The number of fused-ring (bicyclic) bond motifs is 1. The van der Waals surface area contributed by atoms with E-state index in [0.29, 0.717) is 29.9 Å². The summed E-state index contributed by atoms with van der Waals surface area (Å²) in [5, 5.41) is 13.0. The Morgan fingerprint density at radius 2 is 1.78 bits per heavy atom. The highest BCUT2D eigenvalue weighted by Crippen LogP contribution is 2.21. The molecule has 1 aliphatic heterocycles. The molecular weight excluding hydrogens is 406 g/mol. The first-order valence-corrected chi connectivity index (χ1v) is 10.6. The van der Waals surface area contributed by atoms with Gasteiger partial charge in [0.15, 0.2) is 5.82 Å². The Labute approximate surface area is 185 Å². The maximum Gasteiger partial charge on any atom is 0.272 e. The van der Waals surface area contributed by atoms with Crippen molar-refractivity contribution in [1.29, 1.82) is 0 Å². The van der Waals surface area contributed by atoms with Gasteiger partial charge in [-0.25, -0.2) is 9.97 Å². The third-order valence-corrected chi connectivity index (χ3v) is 5.60. The van der Waals surface area contributed by atoms with Crippen LogP contribution in [0.3, 0.4) is 0 Å². The van der Waals surface area contributed by atoms with Crippen molar-refractivity contribution in [3.63, 3.8) is 0 Å². The summed E-state index contributed by atoms with van der Waals surface area (Å²) in [5.41, 5.74) is 3.54. The monoisotopic (exact) mass is 431 g/mol. The van der Waals surface area contributed by atoms with Crippen LogP contribution >= 0.6 is 0 Å². The van der Waals surface area contributed by atoms with E-state index in [1.165, 1.54) is 5.56 Å². The van der Waals surface area contributed by atoms with Crippen LogP contribution in [0.15, 0.2) is 42.6 Å². The summed E-state index contributed by atoms with van der Waals surface area (Å²) in [6.07, 6.45) is 1.77. The smallest absolute Gasteiger partial charge is 0.272 e. The largest absolute Gasteiger partial charge is 0.377 e. The van der Waals surface area contributed by atoms with Crippen LogP contribution in [0.1, 0.15) is 17.1 Å². The number of anilines is 1. The van der Waals surface area contributed by atoms with Gasteiger partial charge in [-0.1, -0.05) is 30.3 Å². The Kier molecular flexibility index (Phi) is 5.70. The highest BCUT2D eigenvalue weighted by molar-refractivity contribution is 5.58. The number of methoxy groups -OCH3 is 1. The lowest BCUT2D eigenvalue weighted by Crippen LogP contribution is -2.46. The molecule has 0 spiro atoms. The van der Waals surface area contributed by atoms with Crippen molar-refractivity contribution in [3.8, 4) is 11.4 Å². The van der Waals surface area contributed by atoms with Gasteiger partial charge in [-0.15, -0.1) is 15.3 Å². The minimum Gasteiger partial charge on any atom is -0.377 e. The SMILES string of the molecule is COCc1nc2nnc(-c3ccnc(N4CCN(Cc5ccccc5)CC4)n3)c(C)n2n1. The predicted octanol–water partition coefficient (Wildman–Crippen LogP) is 1.75. The molecule has 3 aromatic heterocycles. The molecule has 5 rings (SSSR count). The zero-order chi connectivity index (χ0) is 21.9. The van der Waals surface area contributed by atoms with Gasteiger partial charge in [-0.3, -0.25) is 4.90 Å². The van der Waals surface area contributed by atoms with Crippen molar-refractivity contribution in [2.45, 2.75) is 20.1 Å². The normalized spacial score (nSPS) is 14.9. The predicted molar refractivity (Wildman–Crippen MR) is 119 cm³/mol. The maximum absolute atomic E-state index is 5.12. The molecule has 1 aliphatic rings. The molecule has 164 valence electrons. The second-order valence-electron chi connectivity index (χ2n) is 7.80. The molecule has 10 nitrogen and oxygen atoms in total. The summed E-state index contributed by atoms with van der Waals surface area (Å²) in [6, 6.07) is 12.4. The highest BCUT2D eigenvalue weighted by atomic mass is 16.5. The van der Waals surface area contributed by atoms with Crippen LogP contribution in [0, 0.1) is 6.92 Å². The number of ether oxygens (including phenoxy) is 1. The third-order valence-electron chi connectivity index (χ3n) is 5.60. The number of rotatable bonds is 6. The molecule has 0 atom stereocenters. The minimum atomic E-state index is 0.325. The third kappa shape index (κ3) is 4.14. The number of piperazine rings is 1. The second-order valence-corrected chi connectivity index (χ2v) is 7.80. The molecule has 0 N–H and O–H groups in total. The Balaban J connectivity index is 1.32. The van der Waals surface area contributed by atoms with Gasteiger partial charge >= 0.3 is 0 Å². The molecule has 32 heavy (non-hydrogen) atoms. The molecule has 1 aromatic carbocycles. The number of hydrogen-bond acceptors (Lipinski definition) is 9. The average molecular weight is 432 g/mol. The van der Waals surface area contributed by atoms with Crippen molar-refractivity contribution < 1.29 is 4.74 Å². The number of hydrogen-bond donors (Lipinski definition) is 0. The number of benzene rings is 1. The van der Waals surface area contributed by atoms with Crippen molar-refractivity contribution >= 4 is 11.7 Å². The summed E-state index contributed by atoms with van der Waals surface area (Å²) < 4.78 is 6.80. The molecule has 0 bridgehead atoms. The van der Waals surface area contributed by atoms with Gasteiger partial charge in [0.2, 0.25) is 5.95 Å². The zero-order valence-corrected chi connectivity index (χ0v) is 18.2. The summed E-state index contributed by atoms with van der Waals surface area (Å²) in [5.74, 6) is 1.72. The first-order chi connectivity index (χ1) is 15.7. The fourth-order valence-electron chi connectivity index (χ4n) is 3.91. The van der Waals surface area contributed by atoms with E-state index >= 15 is 0 Å². The van der Waals surface area contributed by atoms with Crippen LogP contribution in [-0.2, 0) is 17.9 Å². The van der Waals surface area contributed by atoms with Gasteiger partial charge in [-0.05, 0) is 18.6 Å². The molecule has 0 saturated carbocycles. The summed E-state index contributed by atoms with van der Waals surface area (Å²) in [7, 11) is 1.61. The van der Waals surface area contributed by atoms with Gasteiger partial charge in [-0.2, -0.15) is 9.50 Å². The Morgan fingerprint density at radius 1 is 0.969 bits per heavy atom. The van der Waals surface area contributed by atoms with E-state index < -0.39 is 0 Å². The standard InChI is InChI=1S/C22H25N9O/c1-16-20(26-27-22-25-19(15-32-2)28-31(16)22)18-8-9-23-21(24-18)30-12-10-29(11-13-30)14-17-6-4-3-5-7-17/h3-9H,10-15H2,1-2H3. The minimum absolute atomic E-state index is 0.325. The van der Waals surface area contributed by atoms with Crippen LogP contribution < -0.4 is 4.90 Å². The van der Waals surface area contributed by atoms with Crippen molar-refractivity contribution in [3.05, 3.63) is 59.7 Å². The summed E-state index contributed by atoms with van der Waals surface area (Å²) in [4.78, 5) is 18.3. The van der Waals surface area contributed by atoms with Gasteiger partial charge in [0.05, 0.1) is 11.4 Å². The molecule has 4 aromatic rings. The van der Waals surface area contributed by atoms with Gasteiger partial charge in [0, 0.05) is 46.0 Å². The lowest BCUT2D eigenvalue weighted by Gasteiger charge is -2.34. The molecule has 0 aliphatic carbocycles. The van der Waals surface area contributed by atoms with E-state index in [1.807, 2.05) is 13.0 Å². The second kappa shape index (κ2) is 8.93. The quantitative estimate of drug-likeness (QED) is 0.452. The molecule has 0 radical (unpaired) electrons. The lowest BCUT2D eigenvalue weighted by molar-refractivity contribution is 0.178. The lowest BCUT2D eigenvalue weighted by atomic mass is 10.2. The van der Waals surface area contributed by atoms with Gasteiger partial charge < -0.3 is 9.64 Å². The molecule has 4 heterocycles. The molecule has 1 saturated heterocycles. The van der Waals surface area contributed by atoms with Crippen LogP contribution in [0.25, 0.3) is 17.2 Å². The molecule has 0 amide bonds. The van der Waals surface area contributed by atoms with Crippen LogP contribution in [0.5, 0.6) is 0 Å². The summed E-state index contributed by atoms with van der Waals surface area (Å²) in [6.45, 7) is 6.92. The fourth-order valence-corrected chi connectivity index (χ4v) is 3.91. The fraction of sp³-hybridized carbons (Fsp3) is 0.364. The van der Waals surface area contributed by atoms with E-state index in [2.05, 4.69) is 65.4 Å². The number of nitrogens with zero attached hydrogens (tertiary/aromatic N) is 9. The first kappa shape index (κ1) is 20.4.